The highest BCUT2D eigenvalue weighted by molar-refractivity contribution is 5.34. The maximum atomic E-state index is 14.0. The predicted octanol–water partition coefficient (Wildman–Crippen LogP) is 2.46. The van der Waals surface area contributed by atoms with Crippen molar-refractivity contribution in [3.05, 3.63) is 53.5 Å². The molecule has 20 heavy (non-hydrogen) atoms. The van der Waals surface area contributed by atoms with Crippen molar-refractivity contribution < 1.29 is 13.5 Å². The summed E-state index contributed by atoms with van der Waals surface area (Å²) >= 11 is 0. The van der Waals surface area contributed by atoms with E-state index in [0.717, 1.165) is 6.07 Å². The van der Waals surface area contributed by atoms with Gasteiger partial charge in [0.1, 0.15) is 5.69 Å². The summed E-state index contributed by atoms with van der Waals surface area (Å²) in [6.45, 7) is 2.42. The van der Waals surface area contributed by atoms with Gasteiger partial charge in [-0.05, 0) is 12.6 Å². The lowest BCUT2D eigenvalue weighted by Gasteiger charge is -2.19. The van der Waals surface area contributed by atoms with Gasteiger partial charge in [0.15, 0.2) is 11.6 Å². The molecule has 1 heterocycles. The van der Waals surface area contributed by atoms with Gasteiger partial charge in [-0.1, -0.05) is 19.1 Å². The SMILES string of the molecule is CCNC(c1cccc(F)c1F)c1nccnc1OC. The highest BCUT2D eigenvalue weighted by Gasteiger charge is 2.24. The van der Waals surface area contributed by atoms with Gasteiger partial charge in [-0.2, -0.15) is 0 Å². The van der Waals surface area contributed by atoms with Gasteiger partial charge in [0.2, 0.25) is 5.88 Å². The number of hydrogen-bond donors (Lipinski definition) is 1. The van der Waals surface area contributed by atoms with E-state index in [9.17, 15) is 8.78 Å². The molecule has 6 heteroatoms. The minimum atomic E-state index is -0.897. The number of rotatable bonds is 5. The van der Waals surface area contributed by atoms with Crippen molar-refractivity contribution in [1.82, 2.24) is 15.3 Å². The molecule has 1 aromatic carbocycles. The molecule has 1 unspecified atom stereocenters. The van der Waals surface area contributed by atoms with Crippen molar-refractivity contribution in [3.63, 3.8) is 0 Å². The number of methoxy groups -OCH3 is 1. The number of hydrogen-bond acceptors (Lipinski definition) is 4. The lowest BCUT2D eigenvalue weighted by Crippen LogP contribution is -2.25. The lowest BCUT2D eigenvalue weighted by atomic mass is 10.0. The van der Waals surface area contributed by atoms with Crippen molar-refractivity contribution in [3.8, 4) is 5.88 Å². The summed E-state index contributed by atoms with van der Waals surface area (Å²) < 4.78 is 32.5. The lowest BCUT2D eigenvalue weighted by molar-refractivity contribution is 0.381. The molecular formula is C14H15F2N3O. The number of benzene rings is 1. The second-order valence-corrected chi connectivity index (χ2v) is 4.08. The molecule has 0 saturated heterocycles. The molecule has 2 rings (SSSR count). The number of aromatic nitrogens is 2. The van der Waals surface area contributed by atoms with Crippen molar-refractivity contribution in [2.24, 2.45) is 0 Å². The van der Waals surface area contributed by atoms with Gasteiger partial charge in [-0.25, -0.2) is 13.8 Å². The zero-order valence-corrected chi connectivity index (χ0v) is 11.2. The van der Waals surface area contributed by atoms with E-state index in [2.05, 4.69) is 15.3 Å². The maximum absolute atomic E-state index is 14.0. The Hall–Kier alpha value is -2.08. The van der Waals surface area contributed by atoms with Crippen LogP contribution in [0.3, 0.4) is 0 Å². The Bertz CT molecular complexity index is 592. The number of nitrogens with one attached hydrogen (secondary N) is 1. The summed E-state index contributed by atoms with van der Waals surface area (Å²) in [5, 5.41) is 3.07. The third-order valence-electron chi connectivity index (χ3n) is 2.86. The van der Waals surface area contributed by atoms with Crippen LogP contribution < -0.4 is 10.1 Å². The molecule has 0 aliphatic carbocycles. The number of nitrogens with zero attached hydrogens (tertiary/aromatic N) is 2. The van der Waals surface area contributed by atoms with E-state index >= 15 is 0 Å². The Morgan fingerprint density at radius 3 is 2.70 bits per heavy atom. The smallest absolute Gasteiger partial charge is 0.237 e. The third kappa shape index (κ3) is 2.75. The molecule has 0 radical (unpaired) electrons. The molecule has 0 saturated carbocycles. The molecule has 1 aromatic heterocycles. The van der Waals surface area contributed by atoms with Gasteiger partial charge >= 0.3 is 0 Å². The average molecular weight is 279 g/mol. The molecular weight excluding hydrogens is 264 g/mol. The van der Waals surface area contributed by atoms with Crippen molar-refractivity contribution in [1.29, 1.82) is 0 Å². The summed E-state index contributed by atoms with van der Waals surface area (Å²) in [4.78, 5) is 8.21. The van der Waals surface area contributed by atoms with Crippen LogP contribution in [0, 0.1) is 11.6 Å². The summed E-state index contributed by atoms with van der Waals surface area (Å²) in [5.74, 6) is -1.51. The summed E-state index contributed by atoms with van der Waals surface area (Å²) in [6.07, 6.45) is 2.96. The van der Waals surface area contributed by atoms with Gasteiger partial charge < -0.3 is 10.1 Å². The largest absolute Gasteiger partial charge is 0.480 e. The van der Waals surface area contributed by atoms with Crippen LogP contribution in [0.4, 0.5) is 8.78 Å². The zero-order valence-electron chi connectivity index (χ0n) is 11.2. The molecule has 0 bridgehead atoms. The standard InChI is InChI=1S/C14H15F2N3O/c1-3-17-12(9-5-4-6-10(15)11(9)16)13-14(20-2)19-8-7-18-13/h4-8,12,17H,3H2,1-2H3. The normalized spacial score (nSPS) is 12.2. The minimum absolute atomic E-state index is 0.172. The van der Waals surface area contributed by atoms with E-state index in [1.807, 2.05) is 6.92 Å². The van der Waals surface area contributed by atoms with Crippen LogP contribution in [-0.2, 0) is 0 Å². The molecule has 0 spiro atoms. The summed E-state index contributed by atoms with van der Waals surface area (Å²) in [5.41, 5.74) is 0.590. The Kier molecular flexibility index (Phi) is 4.57. The van der Waals surface area contributed by atoms with E-state index in [0.29, 0.717) is 12.2 Å². The second kappa shape index (κ2) is 6.38. The topological polar surface area (TPSA) is 47.0 Å². The number of halogens is 2. The molecule has 106 valence electrons. The van der Waals surface area contributed by atoms with Crippen LogP contribution in [0.5, 0.6) is 5.88 Å². The monoisotopic (exact) mass is 279 g/mol. The van der Waals surface area contributed by atoms with E-state index in [-0.39, 0.29) is 11.4 Å². The minimum Gasteiger partial charge on any atom is -0.480 e. The van der Waals surface area contributed by atoms with E-state index < -0.39 is 17.7 Å². The first-order valence-electron chi connectivity index (χ1n) is 6.21. The molecule has 0 aliphatic heterocycles. The highest BCUT2D eigenvalue weighted by atomic mass is 19.2. The quantitative estimate of drug-likeness (QED) is 0.913. The average Bonchev–Trinajstić information content (AvgIpc) is 2.48. The summed E-state index contributed by atoms with van der Waals surface area (Å²) in [7, 11) is 1.46. The number of ether oxygens (including phenoxy) is 1. The fraction of sp³-hybridized carbons (Fsp3) is 0.286. The van der Waals surface area contributed by atoms with Crippen LogP contribution in [0.25, 0.3) is 0 Å². The Labute approximate surface area is 115 Å². The van der Waals surface area contributed by atoms with E-state index in [1.54, 1.807) is 0 Å². The van der Waals surface area contributed by atoms with Crippen LogP contribution >= 0.6 is 0 Å². The van der Waals surface area contributed by atoms with E-state index in [1.165, 1.54) is 31.6 Å². The van der Waals surface area contributed by atoms with Crippen molar-refractivity contribution in [2.75, 3.05) is 13.7 Å². The highest BCUT2D eigenvalue weighted by Crippen LogP contribution is 2.28. The van der Waals surface area contributed by atoms with Gasteiger partial charge in [0, 0.05) is 18.0 Å². The van der Waals surface area contributed by atoms with Crippen LogP contribution in [0.1, 0.15) is 24.2 Å². The molecule has 1 atom stereocenters. The molecule has 1 N–H and O–H groups in total. The summed E-state index contributed by atoms with van der Waals surface area (Å²) in [6, 6.07) is 3.43. The third-order valence-corrected chi connectivity index (χ3v) is 2.86. The van der Waals surface area contributed by atoms with E-state index in [4.69, 9.17) is 4.74 Å². The molecule has 4 nitrogen and oxygen atoms in total. The first kappa shape index (κ1) is 14.3. The Morgan fingerprint density at radius 1 is 1.25 bits per heavy atom. The maximum Gasteiger partial charge on any atom is 0.237 e. The van der Waals surface area contributed by atoms with Gasteiger partial charge in [0.05, 0.1) is 13.2 Å². The van der Waals surface area contributed by atoms with Gasteiger partial charge in [-0.3, -0.25) is 4.98 Å². The second-order valence-electron chi connectivity index (χ2n) is 4.08. The fourth-order valence-corrected chi connectivity index (χ4v) is 1.99. The fourth-order valence-electron chi connectivity index (χ4n) is 1.99. The first-order chi connectivity index (χ1) is 9.69. The van der Waals surface area contributed by atoms with Gasteiger partial charge in [0.25, 0.3) is 0 Å². The predicted molar refractivity (Wildman–Crippen MR) is 70.5 cm³/mol. The Balaban J connectivity index is 2.53. The molecule has 0 aliphatic rings. The molecule has 0 fully saturated rings. The molecule has 0 amide bonds. The van der Waals surface area contributed by atoms with Crippen molar-refractivity contribution in [2.45, 2.75) is 13.0 Å². The molecule has 2 aromatic rings. The van der Waals surface area contributed by atoms with Crippen LogP contribution in [-0.4, -0.2) is 23.6 Å². The van der Waals surface area contributed by atoms with Crippen LogP contribution in [0.15, 0.2) is 30.6 Å². The zero-order chi connectivity index (χ0) is 14.5. The first-order valence-corrected chi connectivity index (χ1v) is 6.21. The van der Waals surface area contributed by atoms with Gasteiger partial charge in [-0.15, -0.1) is 0 Å². The Morgan fingerprint density at radius 2 is 2.00 bits per heavy atom. The van der Waals surface area contributed by atoms with Crippen LogP contribution in [0.2, 0.25) is 0 Å². The van der Waals surface area contributed by atoms with Crippen molar-refractivity contribution >= 4 is 0 Å².